The quantitative estimate of drug-likeness (QED) is 0.109. The van der Waals surface area contributed by atoms with Crippen LogP contribution >= 0.6 is 0 Å². The fraction of sp³-hybridized carbons (Fsp3) is 0. The molecule has 5 aromatic heterocycles. The minimum Gasteiger partial charge on any atom is -0.310 e. The molecule has 0 saturated heterocycles. The summed E-state index contributed by atoms with van der Waals surface area (Å²) in [7, 11) is 0. The number of para-hydroxylation sites is 9. The van der Waals surface area contributed by atoms with Gasteiger partial charge in [-0.25, -0.2) is 9.97 Å². The summed E-state index contributed by atoms with van der Waals surface area (Å²) in [6.45, 7) is 0. The van der Waals surface area contributed by atoms with Crippen molar-refractivity contribution in [1.82, 2.24) is 28.2 Å². The molecule has 0 aliphatic carbocycles. The maximum atomic E-state index is 5.50. The summed E-state index contributed by atoms with van der Waals surface area (Å²) < 4.78 is 9.54. The van der Waals surface area contributed by atoms with Crippen molar-refractivity contribution in [3.8, 4) is 67.8 Å². The van der Waals surface area contributed by atoms with Crippen LogP contribution in [0.5, 0.6) is 0 Å². The summed E-state index contributed by atoms with van der Waals surface area (Å²) in [5.74, 6) is 0.633. The van der Waals surface area contributed by atoms with Gasteiger partial charge in [-0.15, -0.1) is 0 Å². The lowest BCUT2D eigenvalue weighted by atomic mass is 10.0. The summed E-state index contributed by atoms with van der Waals surface area (Å²) in [6.07, 6.45) is 0. The van der Waals surface area contributed by atoms with Crippen LogP contribution in [-0.4, -0.2) is 28.2 Å². The van der Waals surface area contributed by atoms with Gasteiger partial charge in [0.25, 0.3) is 0 Å². The lowest BCUT2D eigenvalue weighted by Crippen LogP contribution is -2.09. The molecule has 21 rings (SSSR count). The highest BCUT2D eigenvalue weighted by Gasteiger charge is 2.23. The van der Waals surface area contributed by atoms with Crippen LogP contribution in [0.25, 0.3) is 155 Å². The molecule has 8 heteroatoms. The zero-order valence-electron chi connectivity index (χ0n) is 58.7. The molecule has 16 aromatic carbocycles. The van der Waals surface area contributed by atoms with Gasteiger partial charge >= 0.3 is 0 Å². The van der Waals surface area contributed by atoms with Gasteiger partial charge in [-0.05, 0) is 211 Å². The smallest absolute Gasteiger partial charge is 0.160 e. The molecule has 0 atom stereocenters. The zero-order chi connectivity index (χ0) is 71.2. The van der Waals surface area contributed by atoms with E-state index < -0.39 is 0 Å². The Bertz CT molecular complexity index is 6660. The van der Waals surface area contributed by atoms with Gasteiger partial charge in [0, 0.05) is 117 Å². The van der Waals surface area contributed by atoms with E-state index in [0.717, 1.165) is 118 Å². The van der Waals surface area contributed by atoms with Gasteiger partial charge in [0.15, 0.2) is 5.82 Å². The standard InChI is InChI=1S/C100H66N8/c1-6-24-72(25-7-1)103(73-26-8-2-9-27-73)80-56-60-98-88(64-80)84-36-18-22-40-94(84)107(98)78-52-44-68(45-53-78)91-66-90(101-100(102-91)69-46-54-79(55-47-69)108-95-41-23-19-37-85(95)89-65-81(57-61-99(89)108)104(74-28-10-3-11-29-74)75-30-12-4-13-31-75)67-42-50-77(51-43-67)106-93-39-21-17-35-83(93)87-63-71(49-59-97(87)106)70-48-58-96-86(62-70)82-34-16-20-38-92(82)105(96)76-32-14-5-15-33-76/h1-66H. The van der Waals surface area contributed by atoms with Crippen LogP contribution in [0.3, 0.4) is 0 Å². The van der Waals surface area contributed by atoms with Gasteiger partial charge in [0.1, 0.15) is 0 Å². The van der Waals surface area contributed by atoms with Crippen LogP contribution in [-0.2, 0) is 0 Å². The fourth-order valence-electron chi connectivity index (χ4n) is 16.6. The van der Waals surface area contributed by atoms with Crippen LogP contribution in [0.4, 0.5) is 34.1 Å². The first-order chi connectivity index (χ1) is 53.6. The molecule has 506 valence electrons. The van der Waals surface area contributed by atoms with Crippen molar-refractivity contribution < 1.29 is 0 Å². The maximum absolute atomic E-state index is 5.50. The Labute approximate surface area is 623 Å². The summed E-state index contributed by atoms with van der Waals surface area (Å²) in [4.78, 5) is 15.6. The van der Waals surface area contributed by atoms with E-state index in [9.17, 15) is 0 Å². The predicted molar refractivity (Wildman–Crippen MR) is 450 cm³/mol. The van der Waals surface area contributed by atoms with E-state index in [1.165, 1.54) is 65.3 Å². The van der Waals surface area contributed by atoms with E-state index in [0.29, 0.717) is 5.82 Å². The molecule has 21 aromatic rings. The summed E-state index contributed by atoms with van der Waals surface area (Å²) in [6, 6.07) is 144. The minimum absolute atomic E-state index is 0.633. The van der Waals surface area contributed by atoms with Crippen molar-refractivity contribution in [2.75, 3.05) is 9.80 Å². The number of hydrogen-bond acceptors (Lipinski definition) is 4. The molecule has 0 saturated carbocycles. The molecular weight excluding hydrogens is 1310 g/mol. The van der Waals surface area contributed by atoms with Crippen LogP contribution < -0.4 is 9.80 Å². The average molecular weight is 1380 g/mol. The van der Waals surface area contributed by atoms with E-state index in [4.69, 9.17) is 9.97 Å². The summed E-state index contributed by atoms with van der Waals surface area (Å²) in [5.41, 5.74) is 26.9. The Morgan fingerprint density at radius 1 is 0.167 bits per heavy atom. The Morgan fingerprint density at radius 3 is 0.750 bits per heavy atom. The topological polar surface area (TPSA) is 52.0 Å². The highest BCUT2D eigenvalue weighted by Crippen LogP contribution is 2.45. The molecule has 0 spiro atoms. The summed E-state index contributed by atoms with van der Waals surface area (Å²) >= 11 is 0. The Morgan fingerprint density at radius 2 is 0.417 bits per heavy atom. The Hall–Kier alpha value is -14.6. The van der Waals surface area contributed by atoms with E-state index >= 15 is 0 Å². The number of nitrogens with zero attached hydrogens (tertiary/aromatic N) is 8. The molecule has 0 unspecified atom stereocenters. The molecule has 0 aliphatic heterocycles. The second-order valence-electron chi connectivity index (χ2n) is 27.7. The minimum atomic E-state index is 0.633. The lowest BCUT2D eigenvalue weighted by molar-refractivity contribution is 1.16. The van der Waals surface area contributed by atoms with Crippen molar-refractivity contribution in [2.24, 2.45) is 0 Å². The molecule has 108 heavy (non-hydrogen) atoms. The fourth-order valence-corrected chi connectivity index (χ4v) is 16.6. The third kappa shape index (κ3) is 10.4. The maximum Gasteiger partial charge on any atom is 0.160 e. The summed E-state index contributed by atoms with van der Waals surface area (Å²) in [5, 5.41) is 9.58. The first kappa shape index (κ1) is 62.0. The molecule has 0 aliphatic rings. The molecule has 0 fully saturated rings. The highest BCUT2D eigenvalue weighted by atomic mass is 15.2. The van der Waals surface area contributed by atoms with Crippen molar-refractivity contribution in [1.29, 1.82) is 0 Å². The van der Waals surface area contributed by atoms with Crippen molar-refractivity contribution in [3.05, 3.63) is 400 Å². The second kappa shape index (κ2) is 25.7. The zero-order valence-corrected chi connectivity index (χ0v) is 58.7. The van der Waals surface area contributed by atoms with E-state index in [-0.39, 0.29) is 0 Å². The monoisotopic (exact) mass is 1380 g/mol. The third-order valence-electron chi connectivity index (χ3n) is 21.5. The van der Waals surface area contributed by atoms with Crippen molar-refractivity contribution >= 4 is 121 Å². The van der Waals surface area contributed by atoms with Gasteiger partial charge in [-0.3, -0.25) is 0 Å². The number of anilines is 6. The number of benzene rings is 16. The molecule has 8 nitrogen and oxygen atoms in total. The molecule has 0 bridgehead atoms. The number of rotatable bonds is 14. The highest BCUT2D eigenvalue weighted by molar-refractivity contribution is 6.15. The van der Waals surface area contributed by atoms with Crippen LogP contribution in [0.1, 0.15) is 0 Å². The third-order valence-corrected chi connectivity index (χ3v) is 21.5. The molecule has 5 heterocycles. The number of hydrogen-bond donors (Lipinski definition) is 0. The first-order valence-corrected chi connectivity index (χ1v) is 36.8. The predicted octanol–water partition coefficient (Wildman–Crippen LogP) is 26.5. The second-order valence-corrected chi connectivity index (χ2v) is 27.7. The first-order valence-electron chi connectivity index (χ1n) is 36.8. The average Bonchev–Trinajstić information content (AvgIpc) is 1.60. The van der Waals surface area contributed by atoms with Gasteiger partial charge in [0.05, 0.1) is 55.5 Å². The van der Waals surface area contributed by atoms with Gasteiger partial charge in [-0.1, -0.05) is 200 Å². The molecular formula is C100H66N8. The lowest BCUT2D eigenvalue weighted by Gasteiger charge is -2.25. The van der Waals surface area contributed by atoms with Gasteiger partial charge < -0.3 is 28.1 Å². The van der Waals surface area contributed by atoms with Crippen molar-refractivity contribution in [3.63, 3.8) is 0 Å². The largest absolute Gasteiger partial charge is 0.310 e. The molecule has 0 radical (unpaired) electrons. The van der Waals surface area contributed by atoms with E-state index in [2.05, 4.69) is 428 Å². The SMILES string of the molecule is c1ccc(N(c2ccccc2)c2ccc3c(c2)c2ccccc2n3-c2ccc(-c3cc(-c4ccc(-n5c6ccccc6c6cc(-c7ccc8c(c7)c7ccccc7n8-c7ccccc7)ccc65)cc4)nc(-c4ccc(-n5c6ccccc6c6cc(N(c7ccccc7)c7ccccc7)ccc65)cc4)n3)cc2)cc1. The Kier molecular flexibility index (Phi) is 14.7. The van der Waals surface area contributed by atoms with Crippen LogP contribution in [0, 0.1) is 0 Å². The Balaban J connectivity index is 0.662. The number of fused-ring (bicyclic) bond motifs is 12. The van der Waals surface area contributed by atoms with Crippen LogP contribution in [0.15, 0.2) is 400 Å². The number of aromatic nitrogens is 6. The van der Waals surface area contributed by atoms with Gasteiger partial charge in [0.2, 0.25) is 0 Å². The van der Waals surface area contributed by atoms with Crippen LogP contribution in [0.2, 0.25) is 0 Å². The van der Waals surface area contributed by atoms with E-state index in [1.54, 1.807) is 0 Å². The van der Waals surface area contributed by atoms with E-state index in [1.807, 2.05) is 0 Å². The van der Waals surface area contributed by atoms with Crippen molar-refractivity contribution in [2.45, 2.75) is 0 Å². The normalized spacial score (nSPS) is 11.7. The molecule has 0 N–H and O–H groups in total. The molecule has 0 amide bonds. The van der Waals surface area contributed by atoms with Gasteiger partial charge in [-0.2, -0.15) is 0 Å².